The van der Waals surface area contributed by atoms with E-state index in [0.717, 1.165) is 24.0 Å². The lowest BCUT2D eigenvalue weighted by Crippen LogP contribution is -2.18. The minimum absolute atomic E-state index is 0.111. The molecule has 0 aliphatic heterocycles. The van der Waals surface area contributed by atoms with Crippen LogP contribution in [-0.2, 0) is 20.4 Å². The van der Waals surface area contributed by atoms with Crippen molar-refractivity contribution >= 4 is 11.5 Å². The molecule has 1 aromatic rings. The summed E-state index contributed by atoms with van der Waals surface area (Å²) in [5, 5.41) is 11.0. The SMILES string of the molecule is C=C(C(=O)OCCCCCCCCCCCCCCCCCC)c1cc(C(C)(C)C)cc(C(C)(C)C)c1O. The number of phenolic OH excluding ortho intramolecular Hbond substituents is 1. The van der Waals surface area contributed by atoms with Crippen molar-refractivity contribution in [3.8, 4) is 5.75 Å². The zero-order valence-corrected chi connectivity index (χ0v) is 26.1. The van der Waals surface area contributed by atoms with Crippen LogP contribution in [0.15, 0.2) is 18.7 Å². The summed E-state index contributed by atoms with van der Waals surface area (Å²) in [5.74, 6) is -0.304. The number of benzene rings is 1. The fourth-order valence-corrected chi connectivity index (χ4v) is 4.88. The van der Waals surface area contributed by atoms with Crippen LogP contribution >= 0.6 is 0 Å². The van der Waals surface area contributed by atoms with E-state index in [1.165, 1.54) is 89.9 Å². The number of hydrogen-bond acceptors (Lipinski definition) is 3. The zero-order chi connectivity index (χ0) is 28.6. The Morgan fingerprint density at radius 2 is 1.13 bits per heavy atom. The maximum atomic E-state index is 12.7. The van der Waals surface area contributed by atoms with E-state index in [-0.39, 0.29) is 22.2 Å². The molecule has 0 heterocycles. The van der Waals surface area contributed by atoms with Gasteiger partial charge in [0.1, 0.15) is 5.75 Å². The molecule has 1 rings (SSSR count). The van der Waals surface area contributed by atoms with Gasteiger partial charge in [0, 0.05) is 11.1 Å². The number of ether oxygens (including phenoxy) is 1. The van der Waals surface area contributed by atoms with Crippen LogP contribution in [0.2, 0.25) is 0 Å². The number of phenols is 1. The standard InChI is InChI=1S/C35H60O3/c1-9-10-11-12-13-14-15-16-17-18-19-20-21-22-23-24-25-38-33(37)28(2)30-26-29(34(3,4)5)27-31(32(30)36)35(6,7)8/h26-27,36H,2,9-25H2,1,3-8H3. The average molecular weight is 529 g/mol. The predicted molar refractivity (Wildman–Crippen MR) is 165 cm³/mol. The summed E-state index contributed by atoms with van der Waals surface area (Å²) in [7, 11) is 0. The molecule has 0 saturated heterocycles. The van der Waals surface area contributed by atoms with Crippen molar-refractivity contribution in [3.05, 3.63) is 35.4 Å². The summed E-state index contributed by atoms with van der Waals surface area (Å²) in [6, 6.07) is 3.94. The van der Waals surface area contributed by atoms with Crippen LogP contribution in [0.1, 0.15) is 168 Å². The number of rotatable bonds is 19. The van der Waals surface area contributed by atoms with E-state index in [2.05, 4.69) is 55.0 Å². The van der Waals surface area contributed by atoms with Crippen molar-refractivity contribution in [2.45, 2.75) is 162 Å². The maximum absolute atomic E-state index is 12.7. The highest BCUT2D eigenvalue weighted by Gasteiger charge is 2.27. The molecule has 0 bridgehead atoms. The van der Waals surface area contributed by atoms with Crippen LogP contribution in [0.25, 0.3) is 5.57 Å². The van der Waals surface area contributed by atoms with Crippen molar-refractivity contribution < 1.29 is 14.6 Å². The first kappa shape index (κ1) is 34.3. The molecule has 1 aromatic carbocycles. The molecule has 3 nitrogen and oxygen atoms in total. The van der Waals surface area contributed by atoms with Gasteiger partial charge >= 0.3 is 5.97 Å². The zero-order valence-electron chi connectivity index (χ0n) is 26.1. The van der Waals surface area contributed by atoms with Crippen LogP contribution in [0.4, 0.5) is 0 Å². The first-order valence-electron chi connectivity index (χ1n) is 15.6. The number of hydrogen-bond donors (Lipinski definition) is 1. The normalized spacial score (nSPS) is 12.1. The van der Waals surface area contributed by atoms with Crippen molar-refractivity contribution in [1.82, 2.24) is 0 Å². The van der Waals surface area contributed by atoms with E-state index in [0.29, 0.717) is 12.2 Å². The van der Waals surface area contributed by atoms with Crippen molar-refractivity contribution in [3.63, 3.8) is 0 Å². The average Bonchev–Trinajstić information content (AvgIpc) is 2.84. The monoisotopic (exact) mass is 528 g/mol. The van der Waals surface area contributed by atoms with E-state index in [1.807, 2.05) is 12.1 Å². The predicted octanol–water partition coefficient (Wildman–Crippen LogP) is 10.8. The fraction of sp³-hybridized carbons (Fsp3) is 0.743. The summed E-state index contributed by atoms with van der Waals surface area (Å²) in [6.07, 6.45) is 21.1. The van der Waals surface area contributed by atoms with E-state index >= 15 is 0 Å². The fourth-order valence-electron chi connectivity index (χ4n) is 4.88. The third-order valence-electron chi connectivity index (χ3n) is 7.59. The highest BCUT2D eigenvalue weighted by Crippen LogP contribution is 2.40. The third kappa shape index (κ3) is 13.3. The second kappa shape index (κ2) is 17.7. The smallest absolute Gasteiger partial charge is 0.338 e. The number of carbonyl (C=O) groups excluding carboxylic acids is 1. The Morgan fingerprint density at radius 1 is 0.711 bits per heavy atom. The van der Waals surface area contributed by atoms with Gasteiger partial charge in [-0.15, -0.1) is 0 Å². The molecule has 38 heavy (non-hydrogen) atoms. The molecule has 3 heteroatoms. The number of esters is 1. The minimum Gasteiger partial charge on any atom is -0.507 e. The van der Waals surface area contributed by atoms with Gasteiger partial charge in [-0.2, -0.15) is 0 Å². The lowest BCUT2D eigenvalue weighted by Gasteiger charge is -2.27. The molecule has 0 fully saturated rings. The Bertz CT molecular complexity index is 823. The third-order valence-corrected chi connectivity index (χ3v) is 7.59. The van der Waals surface area contributed by atoms with Gasteiger partial charge < -0.3 is 9.84 Å². The van der Waals surface area contributed by atoms with Gasteiger partial charge in [0.15, 0.2) is 0 Å². The first-order valence-corrected chi connectivity index (χ1v) is 15.6. The van der Waals surface area contributed by atoms with Gasteiger partial charge in [-0.05, 0) is 28.9 Å². The second-order valence-corrected chi connectivity index (χ2v) is 13.3. The van der Waals surface area contributed by atoms with Crippen LogP contribution < -0.4 is 0 Å². The largest absolute Gasteiger partial charge is 0.507 e. The van der Waals surface area contributed by atoms with Crippen LogP contribution in [0.5, 0.6) is 5.75 Å². The van der Waals surface area contributed by atoms with Crippen LogP contribution in [-0.4, -0.2) is 17.7 Å². The quantitative estimate of drug-likeness (QED) is 0.110. The molecule has 0 aliphatic carbocycles. The first-order chi connectivity index (χ1) is 17.9. The molecular weight excluding hydrogens is 468 g/mol. The van der Waals surface area contributed by atoms with Crippen LogP contribution in [0.3, 0.4) is 0 Å². The molecular formula is C35H60O3. The number of unbranched alkanes of at least 4 members (excludes halogenated alkanes) is 15. The molecule has 0 aliphatic rings. The van der Waals surface area contributed by atoms with Gasteiger partial charge in [-0.1, -0.05) is 157 Å². The minimum atomic E-state index is -0.438. The Balaban J connectivity index is 2.26. The van der Waals surface area contributed by atoms with Gasteiger partial charge in [0.2, 0.25) is 0 Å². The maximum Gasteiger partial charge on any atom is 0.338 e. The van der Waals surface area contributed by atoms with Gasteiger partial charge in [-0.25, -0.2) is 4.79 Å². The highest BCUT2D eigenvalue weighted by molar-refractivity contribution is 6.16. The molecule has 218 valence electrons. The molecule has 0 spiro atoms. The Hall–Kier alpha value is -1.77. The van der Waals surface area contributed by atoms with Crippen LogP contribution in [0, 0.1) is 0 Å². The summed E-state index contributed by atoms with van der Waals surface area (Å²) in [4.78, 5) is 12.7. The van der Waals surface area contributed by atoms with E-state index < -0.39 is 5.97 Å². The summed E-state index contributed by atoms with van der Waals surface area (Å²) in [6.45, 7) is 19.3. The Morgan fingerprint density at radius 3 is 1.53 bits per heavy atom. The molecule has 0 amide bonds. The Labute approximate surface area is 235 Å². The lowest BCUT2D eigenvalue weighted by molar-refractivity contribution is -0.136. The van der Waals surface area contributed by atoms with Crippen molar-refractivity contribution in [2.24, 2.45) is 0 Å². The molecule has 0 radical (unpaired) electrons. The molecule has 0 unspecified atom stereocenters. The van der Waals surface area contributed by atoms with Gasteiger partial charge in [0.25, 0.3) is 0 Å². The topological polar surface area (TPSA) is 46.5 Å². The lowest BCUT2D eigenvalue weighted by atomic mass is 9.78. The number of aromatic hydroxyl groups is 1. The highest BCUT2D eigenvalue weighted by atomic mass is 16.5. The van der Waals surface area contributed by atoms with E-state index in [9.17, 15) is 9.90 Å². The van der Waals surface area contributed by atoms with Crippen molar-refractivity contribution in [2.75, 3.05) is 6.61 Å². The van der Waals surface area contributed by atoms with Gasteiger partial charge in [0.05, 0.1) is 12.2 Å². The summed E-state index contributed by atoms with van der Waals surface area (Å²) < 4.78 is 5.53. The van der Waals surface area contributed by atoms with Crippen molar-refractivity contribution in [1.29, 1.82) is 0 Å². The summed E-state index contributed by atoms with van der Waals surface area (Å²) >= 11 is 0. The molecule has 0 aromatic heterocycles. The van der Waals surface area contributed by atoms with E-state index in [4.69, 9.17) is 4.74 Å². The Kier molecular flexibility index (Phi) is 16.0. The van der Waals surface area contributed by atoms with E-state index in [1.54, 1.807) is 0 Å². The number of carbonyl (C=O) groups is 1. The summed E-state index contributed by atoms with van der Waals surface area (Å²) in [5.41, 5.74) is 2.25. The molecule has 0 saturated carbocycles. The second-order valence-electron chi connectivity index (χ2n) is 13.3. The molecule has 0 atom stereocenters. The van der Waals surface area contributed by atoms with Gasteiger partial charge in [-0.3, -0.25) is 0 Å². The molecule has 1 N–H and O–H groups in total.